The highest BCUT2D eigenvalue weighted by Gasteiger charge is 2.65. The van der Waals surface area contributed by atoms with Gasteiger partial charge in [-0.15, -0.1) is 0 Å². The predicted octanol–water partition coefficient (Wildman–Crippen LogP) is 3.47. The fourth-order valence-corrected chi connectivity index (χ4v) is 7.58. The monoisotopic (exact) mass is 338 g/mol. The van der Waals surface area contributed by atoms with Gasteiger partial charge in [0.05, 0.1) is 5.41 Å². The third-order valence-electron chi connectivity index (χ3n) is 7.70. The number of amides is 1. The minimum atomic E-state index is -0.131. The summed E-state index contributed by atoms with van der Waals surface area (Å²) in [5.41, 5.74) is 7.99. The molecule has 3 heteroatoms. The highest BCUT2D eigenvalue weighted by molar-refractivity contribution is 5.84. The number of carbonyl (C=O) groups is 1. The summed E-state index contributed by atoms with van der Waals surface area (Å²) in [4.78, 5) is 15.7. The van der Waals surface area contributed by atoms with Gasteiger partial charge in [-0.25, -0.2) is 0 Å². The van der Waals surface area contributed by atoms with Gasteiger partial charge in [-0.3, -0.25) is 4.79 Å². The Morgan fingerprint density at radius 2 is 1.92 bits per heavy atom. The van der Waals surface area contributed by atoms with Gasteiger partial charge in [-0.1, -0.05) is 37.3 Å². The summed E-state index contributed by atoms with van der Waals surface area (Å²) in [7, 11) is 0. The van der Waals surface area contributed by atoms with Crippen LogP contribution in [0.2, 0.25) is 0 Å². The number of benzene rings is 1. The smallest absolute Gasteiger partial charge is 0.228 e. The van der Waals surface area contributed by atoms with Crippen molar-refractivity contribution in [3.05, 3.63) is 35.9 Å². The summed E-state index contributed by atoms with van der Waals surface area (Å²) in [5, 5.41) is 0. The van der Waals surface area contributed by atoms with E-state index in [0.29, 0.717) is 17.2 Å². The normalized spacial score (nSPS) is 45.1. The van der Waals surface area contributed by atoms with Crippen molar-refractivity contribution in [2.24, 2.45) is 22.5 Å². The third kappa shape index (κ3) is 2.31. The molecule has 0 aromatic heterocycles. The molecule has 5 aliphatic rings. The molecule has 1 aromatic carbocycles. The van der Waals surface area contributed by atoms with E-state index in [1.165, 1.54) is 24.8 Å². The zero-order valence-corrected chi connectivity index (χ0v) is 15.3. The van der Waals surface area contributed by atoms with Crippen molar-refractivity contribution in [2.45, 2.75) is 63.3 Å². The molecular formula is C22H30N2O. The van der Waals surface area contributed by atoms with E-state index in [4.69, 9.17) is 5.73 Å². The van der Waals surface area contributed by atoms with Crippen LogP contribution in [0.25, 0.3) is 0 Å². The molecule has 4 saturated carbocycles. The highest BCUT2D eigenvalue weighted by Crippen LogP contribution is 2.70. The number of likely N-dealkylation sites (tertiary alicyclic amines) is 1. The quantitative estimate of drug-likeness (QED) is 0.897. The first-order valence-electron chi connectivity index (χ1n) is 10.0. The molecule has 4 unspecified atom stereocenters. The Balaban J connectivity index is 1.54. The van der Waals surface area contributed by atoms with Crippen molar-refractivity contribution in [1.82, 2.24) is 4.90 Å². The number of nitrogens with two attached hydrogens (primary N) is 1. The number of nitrogens with zero attached hydrogens (tertiary/aromatic N) is 1. The van der Waals surface area contributed by atoms with Crippen LogP contribution in [0.4, 0.5) is 0 Å². The maximum Gasteiger partial charge on any atom is 0.228 e. The van der Waals surface area contributed by atoms with Gasteiger partial charge in [0, 0.05) is 19.1 Å². The van der Waals surface area contributed by atoms with Crippen LogP contribution >= 0.6 is 0 Å². The average Bonchev–Trinajstić information content (AvgIpc) is 2.99. The molecule has 1 heterocycles. The Labute approximate surface area is 151 Å². The van der Waals surface area contributed by atoms with Gasteiger partial charge in [-0.05, 0) is 67.3 Å². The first-order valence-corrected chi connectivity index (χ1v) is 10.0. The topological polar surface area (TPSA) is 46.3 Å². The van der Waals surface area contributed by atoms with Gasteiger partial charge < -0.3 is 10.6 Å². The maximum absolute atomic E-state index is 13.6. The number of hydrogen-bond donors (Lipinski definition) is 1. The second-order valence-electron chi connectivity index (χ2n) is 10.0. The van der Waals surface area contributed by atoms with Crippen LogP contribution in [-0.2, 0) is 10.2 Å². The molecule has 5 fully saturated rings. The predicted molar refractivity (Wildman–Crippen MR) is 99.0 cm³/mol. The van der Waals surface area contributed by atoms with Gasteiger partial charge in [0.25, 0.3) is 0 Å². The molecule has 5 atom stereocenters. The molecule has 1 amide bonds. The van der Waals surface area contributed by atoms with Crippen LogP contribution in [0, 0.1) is 16.7 Å². The zero-order chi connectivity index (χ0) is 17.3. The van der Waals surface area contributed by atoms with Crippen LogP contribution in [0.5, 0.6) is 0 Å². The van der Waals surface area contributed by atoms with Crippen molar-refractivity contribution in [2.75, 3.05) is 13.1 Å². The molecule has 2 N–H and O–H groups in total. The van der Waals surface area contributed by atoms with Crippen molar-refractivity contribution >= 4 is 5.91 Å². The first kappa shape index (κ1) is 15.9. The van der Waals surface area contributed by atoms with E-state index < -0.39 is 0 Å². The Bertz CT molecular complexity index is 703. The van der Waals surface area contributed by atoms with Crippen molar-refractivity contribution in [3.63, 3.8) is 0 Å². The number of carbonyl (C=O) groups excluding carboxylic acids is 1. The van der Waals surface area contributed by atoms with Gasteiger partial charge in [0.1, 0.15) is 0 Å². The van der Waals surface area contributed by atoms with Gasteiger partial charge in [-0.2, -0.15) is 0 Å². The van der Waals surface area contributed by atoms with Crippen LogP contribution in [0.15, 0.2) is 30.3 Å². The van der Waals surface area contributed by atoms with Gasteiger partial charge >= 0.3 is 0 Å². The van der Waals surface area contributed by atoms with Gasteiger partial charge in [0.15, 0.2) is 0 Å². The summed E-state index contributed by atoms with van der Waals surface area (Å²) in [6.07, 6.45) is 8.08. The van der Waals surface area contributed by atoms with E-state index in [9.17, 15) is 4.79 Å². The maximum atomic E-state index is 13.6. The SMILES string of the molecule is CC12CC3CC(C(=O)N4CC[C@@H](N)C4)(C1)CC(c1ccccc1)(C3)C2. The molecule has 4 bridgehead atoms. The summed E-state index contributed by atoms with van der Waals surface area (Å²) >= 11 is 0. The van der Waals surface area contributed by atoms with Gasteiger partial charge in [0.2, 0.25) is 5.91 Å². The Kier molecular flexibility index (Phi) is 3.23. The molecule has 0 radical (unpaired) electrons. The minimum Gasteiger partial charge on any atom is -0.341 e. The third-order valence-corrected chi connectivity index (χ3v) is 7.70. The summed E-state index contributed by atoms with van der Waals surface area (Å²) in [5.74, 6) is 1.14. The van der Waals surface area contributed by atoms with E-state index >= 15 is 0 Å². The van der Waals surface area contributed by atoms with Crippen molar-refractivity contribution in [1.29, 1.82) is 0 Å². The molecule has 1 aliphatic heterocycles. The lowest BCUT2D eigenvalue weighted by Gasteiger charge is -2.66. The van der Waals surface area contributed by atoms with E-state index in [2.05, 4.69) is 42.2 Å². The Morgan fingerprint density at radius 1 is 1.12 bits per heavy atom. The first-order chi connectivity index (χ1) is 11.9. The Morgan fingerprint density at radius 3 is 2.60 bits per heavy atom. The summed E-state index contributed by atoms with van der Waals surface area (Å²) in [6.45, 7) is 4.08. The molecule has 1 saturated heterocycles. The van der Waals surface area contributed by atoms with E-state index in [0.717, 1.165) is 38.8 Å². The van der Waals surface area contributed by atoms with Crippen molar-refractivity contribution < 1.29 is 4.79 Å². The molecule has 3 nitrogen and oxygen atoms in total. The molecule has 4 aliphatic carbocycles. The highest BCUT2D eigenvalue weighted by atomic mass is 16.2. The number of hydrogen-bond acceptors (Lipinski definition) is 2. The lowest BCUT2D eigenvalue weighted by atomic mass is 9.38. The fraction of sp³-hybridized carbons (Fsp3) is 0.682. The Hall–Kier alpha value is -1.35. The fourth-order valence-electron chi connectivity index (χ4n) is 7.58. The summed E-state index contributed by atoms with van der Waals surface area (Å²) in [6, 6.07) is 11.2. The largest absolute Gasteiger partial charge is 0.341 e. The van der Waals surface area contributed by atoms with Crippen LogP contribution < -0.4 is 5.73 Å². The van der Waals surface area contributed by atoms with E-state index in [1.54, 1.807) is 0 Å². The molecule has 0 spiro atoms. The molecular weight excluding hydrogens is 308 g/mol. The van der Waals surface area contributed by atoms with Crippen LogP contribution in [0.3, 0.4) is 0 Å². The standard InChI is InChI=1S/C22H30N2O/c1-20-9-16-10-21(13-20,17-5-3-2-4-6-17)15-22(11-16,14-20)19(25)24-8-7-18(23)12-24/h2-6,16,18H,7-15,23H2,1H3/t16?,18-,20?,21?,22?/m1/s1. The lowest BCUT2D eigenvalue weighted by molar-refractivity contribution is -0.169. The minimum absolute atomic E-state index is 0.131. The summed E-state index contributed by atoms with van der Waals surface area (Å²) < 4.78 is 0. The molecule has 6 rings (SSSR count). The van der Waals surface area contributed by atoms with Crippen LogP contribution in [0.1, 0.15) is 57.4 Å². The average molecular weight is 338 g/mol. The van der Waals surface area contributed by atoms with Crippen molar-refractivity contribution in [3.8, 4) is 0 Å². The number of rotatable bonds is 2. The van der Waals surface area contributed by atoms with E-state index in [-0.39, 0.29) is 16.9 Å². The molecule has 134 valence electrons. The molecule has 1 aromatic rings. The zero-order valence-electron chi connectivity index (χ0n) is 15.3. The second-order valence-corrected chi connectivity index (χ2v) is 10.0. The second kappa shape index (κ2) is 5.09. The lowest BCUT2D eigenvalue weighted by Crippen LogP contribution is -2.62. The van der Waals surface area contributed by atoms with E-state index in [1.807, 2.05) is 0 Å². The van der Waals surface area contributed by atoms with Crippen LogP contribution in [-0.4, -0.2) is 29.9 Å². The molecule has 25 heavy (non-hydrogen) atoms.